The van der Waals surface area contributed by atoms with E-state index >= 15 is 0 Å². The molecule has 4 nitrogen and oxygen atoms in total. The molecule has 0 spiro atoms. The van der Waals surface area contributed by atoms with Gasteiger partial charge in [0.25, 0.3) is 0 Å². The fraction of sp³-hybridized carbons (Fsp3) is 0.500. The molecule has 0 unspecified atom stereocenters. The zero-order valence-corrected chi connectivity index (χ0v) is 6.97. The molecule has 0 saturated carbocycles. The van der Waals surface area contributed by atoms with Crippen LogP contribution in [0.3, 0.4) is 0 Å². The first-order chi connectivity index (χ1) is 5.90. The molecule has 2 heterocycles. The summed E-state index contributed by atoms with van der Waals surface area (Å²) in [6.45, 7) is 1.81. The third-order valence-electron chi connectivity index (χ3n) is 2.02. The molecule has 1 aliphatic rings. The van der Waals surface area contributed by atoms with Gasteiger partial charge >= 0.3 is 0 Å². The minimum atomic E-state index is 0.355. The van der Waals surface area contributed by atoms with Crippen molar-refractivity contribution in [2.45, 2.75) is 6.10 Å². The molecule has 2 rings (SSSR count). The molecule has 0 atom stereocenters. The van der Waals surface area contributed by atoms with Gasteiger partial charge in [0.05, 0.1) is 6.10 Å². The van der Waals surface area contributed by atoms with Crippen molar-refractivity contribution in [2.75, 3.05) is 25.1 Å². The molecule has 0 bridgehead atoms. The maximum Gasteiger partial charge on any atom is 0.225 e. The lowest BCUT2D eigenvalue weighted by Gasteiger charge is -2.37. The lowest BCUT2D eigenvalue weighted by atomic mass is 10.2. The van der Waals surface area contributed by atoms with Crippen LogP contribution in [0, 0.1) is 0 Å². The van der Waals surface area contributed by atoms with Gasteiger partial charge < -0.3 is 9.64 Å². The van der Waals surface area contributed by atoms with Crippen LogP contribution in [0.1, 0.15) is 0 Å². The second-order valence-electron chi connectivity index (χ2n) is 2.81. The van der Waals surface area contributed by atoms with Crippen LogP contribution >= 0.6 is 0 Å². The maximum atomic E-state index is 5.14. The molecule has 0 aliphatic carbocycles. The first-order valence-electron chi connectivity index (χ1n) is 3.95. The highest BCUT2D eigenvalue weighted by atomic mass is 16.5. The lowest BCUT2D eigenvalue weighted by Crippen LogP contribution is -2.52. The molecule has 1 aromatic rings. The fourth-order valence-corrected chi connectivity index (χ4v) is 1.21. The highest BCUT2D eigenvalue weighted by Crippen LogP contribution is 2.16. The van der Waals surface area contributed by atoms with Crippen LogP contribution in [-0.4, -0.2) is 36.3 Å². The molecule has 64 valence electrons. The molecule has 0 radical (unpaired) electrons. The summed E-state index contributed by atoms with van der Waals surface area (Å²) in [5.41, 5.74) is 0. The fourth-order valence-electron chi connectivity index (χ4n) is 1.21. The van der Waals surface area contributed by atoms with Gasteiger partial charge in [0, 0.05) is 32.6 Å². The van der Waals surface area contributed by atoms with Crippen molar-refractivity contribution in [3.05, 3.63) is 18.5 Å². The molecular formula is C8H11N3O. The molecule has 1 aliphatic heterocycles. The molecule has 0 aromatic carbocycles. The first-order valence-corrected chi connectivity index (χ1v) is 3.95. The van der Waals surface area contributed by atoms with Gasteiger partial charge in [-0.05, 0) is 6.07 Å². The van der Waals surface area contributed by atoms with Crippen molar-refractivity contribution in [2.24, 2.45) is 0 Å². The molecule has 4 heteroatoms. The number of anilines is 1. The molecule has 0 amide bonds. The Balaban J connectivity index is 1.97. The maximum absolute atomic E-state index is 5.14. The third-order valence-corrected chi connectivity index (χ3v) is 2.02. The predicted molar refractivity (Wildman–Crippen MR) is 45.0 cm³/mol. The Bertz CT molecular complexity index is 246. The monoisotopic (exact) mass is 165 g/mol. The average Bonchev–Trinajstić information content (AvgIpc) is 2.04. The van der Waals surface area contributed by atoms with Crippen LogP contribution in [-0.2, 0) is 4.74 Å². The second-order valence-corrected chi connectivity index (χ2v) is 2.81. The Morgan fingerprint density at radius 3 is 2.67 bits per heavy atom. The highest BCUT2D eigenvalue weighted by molar-refractivity contribution is 5.33. The van der Waals surface area contributed by atoms with Gasteiger partial charge in [-0.3, -0.25) is 0 Å². The van der Waals surface area contributed by atoms with Gasteiger partial charge in [0.15, 0.2) is 0 Å². The minimum absolute atomic E-state index is 0.355. The van der Waals surface area contributed by atoms with Gasteiger partial charge in [-0.1, -0.05) is 0 Å². The summed E-state index contributed by atoms with van der Waals surface area (Å²) >= 11 is 0. The largest absolute Gasteiger partial charge is 0.378 e. The molecule has 1 fully saturated rings. The van der Waals surface area contributed by atoms with E-state index in [9.17, 15) is 0 Å². The van der Waals surface area contributed by atoms with E-state index in [1.807, 2.05) is 6.07 Å². The van der Waals surface area contributed by atoms with Gasteiger partial charge in [-0.25, -0.2) is 9.97 Å². The number of hydrogen-bond acceptors (Lipinski definition) is 4. The zero-order valence-electron chi connectivity index (χ0n) is 6.97. The number of rotatable bonds is 2. The van der Waals surface area contributed by atoms with Crippen LogP contribution in [0.5, 0.6) is 0 Å². The smallest absolute Gasteiger partial charge is 0.225 e. The quantitative estimate of drug-likeness (QED) is 0.632. The Morgan fingerprint density at radius 1 is 1.42 bits per heavy atom. The number of nitrogens with zero attached hydrogens (tertiary/aromatic N) is 3. The lowest BCUT2D eigenvalue weighted by molar-refractivity contribution is 0.0778. The Hall–Kier alpha value is -1.16. The van der Waals surface area contributed by atoms with Crippen LogP contribution in [0.4, 0.5) is 5.95 Å². The summed E-state index contributed by atoms with van der Waals surface area (Å²) in [6, 6.07) is 1.82. The SMILES string of the molecule is COC1CN(c2ncccn2)C1. The third kappa shape index (κ3) is 1.25. The standard InChI is InChI=1S/C8H11N3O/c1-12-7-5-11(6-7)8-9-3-2-4-10-8/h2-4,7H,5-6H2,1H3. The molecule has 0 N–H and O–H groups in total. The predicted octanol–water partition coefficient (Wildman–Crippen LogP) is 0.312. The van der Waals surface area contributed by atoms with Crippen molar-refractivity contribution in [3.8, 4) is 0 Å². The van der Waals surface area contributed by atoms with Gasteiger partial charge in [-0.15, -0.1) is 0 Å². The van der Waals surface area contributed by atoms with E-state index in [1.165, 1.54) is 0 Å². The number of hydrogen-bond donors (Lipinski definition) is 0. The van der Waals surface area contributed by atoms with Crippen molar-refractivity contribution in [3.63, 3.8) is 0 Å². The van der Waals surface area contributed by atoms with Crippen LogP contribution in [0.15, 0.2) is 18.5 Å². The summed E-state index contributed by atoms with van der Waals surface area (Å²) in [7, 11) is 1.73. The van der Waals surface area contributed by atoms with Crippen LogP contribution < -0.4 is 4.90 Å². The van der Waals surface area contributed by atoms with Crippen molar-refractivity contribution in [1.82, 2.24) is 9.97 Å². The Morgan fingerprint density at radius 2 is 2.08 bits per heavy atom. The number of ether oxygens (including phenoxy) is 1. The highest BCUT2D eigenvalue weighted by Gasteiger charge is 2.27. The van der Waals surface area contributed by atoms with E-state index in [0.717, 1.165) is 19.0 Å². The molecule has 12 heavy (non-hydrogen) atoms. The Labute approximate surface area is 71.2 Å². The van der Waals surface area contributed by atoms with E-state index in [-0.39, 0.29) is 0 Å². The van der Waals surface area contributed by atoms with Crippen molar-refractivity contribution >= 4 is 5.95 Å². The average molecular weight is 165 g/mol. The van der Waals surface area contributed by atoms with E-state index in [1.54, 1.807) is 19.5 Å². The summed E-state index contributed by atoms with van der Waals surface area (Å²) in [5.74, 6) is 0.797. The zero-order chi connectivity index (χ0) is 8.39. The van der Waals surface area contributed by atoms with E-state index < -0.39 is 0 Å². The van der Waals surface area contributed by atoms with Crippen LogP contribution in [0.25, 0.3) is 0 Å². The Kier molecular flexibility index (Phi) is 1.91. The van der Waals surface area contributed by atoms with Gasteiger partial charge in [0.2, 0.25) is 5.95 Å². The number of methoxy groups -OCH3 is 1. The number of aromatic nitrogens is 2. The molecular weight excluding hydrogens is 154 g/mol. The minimum Gasteiger partial charge on any atom is -0.378 e. The van der Waals surface area contributed by atoms with Gasteiger partial charge in [0.1, 0.15) is 0 Å². The van der Waals surface area contributed by atoms with E-state index in [4.69, 9.17) is 4.74 Å². The van der Waals surface area contributed by atoms with Crippen LogP contribution in [0.2, 0.25) is 0 Å². The normalized spacial score (nSPS) is 17.6. The first kappa shape index (κ1) is 7.49. The van der Waals surface area contributed by atoms with Crippen molar-refractivity contribution < 1.29 is 4.74 Å². The van der Waals surface area contributed by atoms with Crippen molar-refractivity contribution in [1.29, 1.82) is 0 Å². The topological polar surface area (TPSA) is 38.2 Å². The van der Waals surface area contributed by atoms with E-state index in [0.29, 0.717) is 6.10 Å². The van der Waals surface area contributed by atoms with Gasteiger partial charge in [-0.2, -0.15) is 0 Å². The second kappa shape index (κ2) is 3.06. The molecule has 1 aromatic heterocycles. The summed E-state index contributed by atoms with van der Waals surface area (Å²) in [6.07, 6.45) is 3.86. The van der Waals surface area contributed by atoms with E-state index in [2.05, 4.69) is 14.9 Å². The summed E-state index contributed by atoms with van der Waals surface area (Å²) < 4.78 is 5.14. The summed E-state index contributed by atoms with van der Waals surface area (Å²) in [4.78, 5) is 10.3. The summed E-state index contributed by atoms with van der Waals surface area (Å²) in [5, 5.41) is 0. The molecule has 1 saturated heterocycles.